The minimum atomic E-state index is 0.672. The van der Waals surface area contributed by atoms with Gasteiger partial charge < -0.3 is 9.73 Å². The van der Waals surface area contributed by atoms with Gasteiger partial charge in [-0.15, -0.1) is 0 Å². The fraction of sp³-hybridized carbons (Fsp3) is 0.625. The number of likely N-dealkylation sites (N-methyl/N-ethyl adjacent to an activating group) is 1. The van der Waals surface area contributed by atoms with Crippen molar-refractivity contribution in [3.8, 4) is 0 Å². The lowest BCUT2D eigenvalue weighted by molar-refractivity contribution is 0.274. The minimum Gasteiger partial charge on any atom is -0.468 e. The van der Waals surface area contributed by atoms with E-state index in [1.807, 2.05) is 0 Å². The van der Waals surface area contributed by atoms with Gasteiger partial charge in [0.25, 0.3) is 0 Å². The third-order valence-electron chi connectivity index (χ3n) is 3.01. The van der Waals surface area contributed by atoms with E-state index in [0.29, 0.717) is 5.92 Å². The Bertz CT molecular complexity index is 382. The second-order valence-corrected chi connectivity index (χ2v) is 5.65. The fourth-order valence-electron chi connectivity index (χ4n) is 2.02. The van der Waals surface area contributed by atoms with Crippen molar-refractivity contribution in [3.63, 3.8) is 0 Å². The van der Waals surface area contributed by atoms with Crippen LogP contribution in [0.4, 0.5) is 0 Å². The molecular formula is C16H28N2O. The minimum absolute atomic E-state index is 0.672. The molecule has 0 amide bonds. The Labute approximate surface area is 117 Å². The molecule has 3 nitrogen and oxygen atoms in total. The molecule has 0 spiro atoms. The molecule has 0 aliphatic rings. The van der Waals surface area contributed by atoms with Gasteiger partial charge in [0, 0.05) is 18.7 Å². The molecule has 0 aliphatic heterocycles. The molecule has 0 fully saturated rings. The molecule has 1 N–H and O–H groups in total. The first-order valence-corrected chi connectivity index (χ1v) is 7.15. The Morgan fingerprint density at radius 2 is 2.21 bits per heavy atom. The van der Waals surface area contributed by atoms with Gasteiger partial charge in [-0.1, -0.05) is 32.9 Å². The van der Waals surface area contributed by atoms with Crippen LogP contribution < -0.4 is 5.32 Å². The number of hydrogen-bond donors (Lipinski definition) is 1. The Kier molecular flexibility index (Phi) is 6.89. The maximum atomic E-state index is 5.62. The highest BCUT2D eigenvalue weighted by atomic mass is 16.3. The zero-order chi connectivity index (χ0) is 14.3. The first kappa shape index (κ1) is 16.0. The van der Waals surface area contributed by atoms with Crippen LogP contribution in [0.2, 0.25) is 0 Å². The standard InChI is InChI=1S/C16H28N2O/c1-6-18(11-14(4)5)12-16-15(7-8-19-16)10-17-9-13(2)3/h7-8,13,17H,4,6,9-12H2,1-3,5H3. The molecule has 19 heavy (non-hydrogen) atoms. The van der Waals surface area contributed by atoms with Gasteiger partial charge in [0.1, 0.15) is 5.76 Å². The van der Waals surface area contributed by atoms with Gasteiger partial charge >= 0.3 is 0 Å². The van der Waals surface area contributed by atoms with Crippen LogP contribution in [-0.4, -0.2) is 24.5 Å². The molecule has 1 rings (SSSR count). The molecule has 0 saturated carbocycles. The van der Waals surface area contributed by atoms with Crippen molar-refractivity contribution in [2.75, 3.05) is 19.6 Å². The summed E-state index contributed by atoms with van der Waals surface area (Å²) < 4.78 is 5.62. The quantitative estimate of drug-likeness (QED) is 0.693. The predicted molar refractivity (Wildman–Crippen MR) is 81.0 cm³/mol. The van der Waals surface area contributed by atoms with Gasteiger partial charge in [-0.3, -0.25) is 4.90 Å². The Hall–Kier alpha value is -1.06. The van der Waals surface area contributed by atoms with E-state index >= 15 is 0 Å². The van der Waals surface area contributed by atoms with E-state index in [9.17, 15) is 0 Å². The van der Waals surface area contributed by atoms with Crippen LogP contribution in [0.5, 0.6) is 0 Å². The molecule has 1 aromatic heterocycles. The maximum Gasteiger partial charge on any atom is 0.122 e. The van der Waals surface area contributed by atoms with Gasteiger partial charge in [0.2, 0.25) is 0 Å². The molecule has 0 unspecified atom stereocenters. The second kappa shape index (κ2) is 8.18. The summed E-state index contributed by atoms with van der Waals surface area (Å²) in [4.78, 5) is 2.34. The van der Waals surface area contributed by atoms with Crippen LogP contribution in [0, 0.1) is 5.92 Å². The molecule has 1 aromatic rings. The highest BCUT2D eigenvalue weighted by Gasteiger charge is 2.11. The van der Waals surface area contributed by atoms with E-state index < -0.39 is 0 Å². The molecule has 0 atom stereocenters. The van der Waals surface area contributed by atoms with Gasteiger partial charge in [-0.05, 0) is 32.0 Å². The average molecular weight is 264 g/mol. The number of nitrogens with one attached hydrogen (secondary N) is 1. The highest BCUT2D eigenvalue weighted by Crippen LogP contribution is 2.14. The van der Waals surface area contributed by atoms with E-state index in [1.54, 1.807) is 6.26 Å². The van der Waals surface area contributed by atoms with Gasteiger partial charge in [-0.25, -0.2) is 0 Å². The maximum absolute atomic E-state index is 5.62. The largest absolute Gasteiger partial charge is 0.468 e. The number of rotatable bonds is 9. The van der Waals surface area contributed by atoms with Crippen molar-refractivity contribution in [2.45, 2.75) is 40.8 Å². The van der Waals surface area contributed by atoms with Crippen molar-refractivity contribution < 1.29 is 4.42 Å². The molecule has 0 aliphatic carbocycles. The Morgan fingerprint density at radius 3 is 2.79 bits per heavy atom. The van der Waals surface area contributed by atoms with E-state index in [4.69, 9.17) is 4.42 Å². The van der Waals surface area contributed by atoms with E-state index in [-0.39, 0.29) is 0 Å². The lowest BCUT2D eigenvalue weighted by Crippen LogP contribution is -2.25. The fourth-order valence-corrected chi connectivity index (χ4v) is 2.02. The van der Waals surface area contributed by atoms with Crippen molar-refractivity contribution in [1.29, 1.82) is 0 Å². The molecule has 1 heterocycles. The lowest BCUT2D eigenvalue weighted by atomic mass is 10.2. The van der Waals surface area contributed by atoms with E-state index in [2.05, 4.69) is 50.6 Å². The molecule has 3 heteroatoms. The summed E-state index contributed by atoms with van der Waals surface area (Å²) in [6.07, 6.45) is 1.79. The first-order valence-electron chi connectivity index (χ1n) is 7.15. The smallest absolute Gasteiger partial charge is 0.122 e. The van der Waals surface area contributed by atoms with Crippen LogP contribution >= 0.6 is 0 Å². The monoisotopic (exact) mass is 264 g/mol. The van der Waals surface area contributed by atoms with Gasteiger partial charge in [0.05, 0.1) is 12.8 Å². The van der Waals surface area contributed by atoms with Crippen molar-refractivity contribution >= 4 is 0 Å². The van der Waals surface area contributed by atoms with Gasteiger partial charge in [-0.2, -0.15) is 0 Å². The second-order valence-electron chi connectivity index (χ2n) is 5.65. The summed E-state index contributed by atoms with van der Waals surface area (Å²) in [7, 11) is 0. The summed E-state index contributed by atoms with van der Waals surface area (Å²) in [5, 5.41) is 3.46. The summed E-state index contributed by atoms with van der Waals surface area (Å²) in [6.45, 7) is 17.4. The topological polar surface area (TPSA) is 28.4 Å². The summed E-state index contributed by atoms with van der Waals surface area (Å²) in [5.41, 5.74) is 2.45. The number of hydrogen-bond acceptors (Lipinski definition) is 3. The molecule has 0 aromatic carbocycles. The van der Waals surface area contributed by atoms with E-state index in [0.717, 1.165) is 38.5 Å². The summed E-state index contributed by atoms with van der Waals surface area (Å²) in [5.74, 6) is 1.74. The van der Waals surface area contributed by atoms with Crippen LogP contribution in [-0.2, 0) is 13.1 Å². The molecule has 0 radical (unpaired) electrons. The Morgan fingerprint density at radius 1 is 1.47 bits per heavy atom. The Balaban J connectivity index is 2.53. The number of nitrogens with zero attached hydrogens (tertiary/aromatic N) is 1. The third-order valence-corrected chi connectivity index (χ3v) is 3.01. The summed E-state index contributed by atoms with van der Waals surface area (Å²) >= 11 is 0. The lowest BCUT2D eigenvalue weighted by Gasteiger charge is -2.19. The predicted octanol–water partition coefficient (Wildman–Crippen LogP) is 3.42. The average Bonchev–Trinajstić information content (AvgIpc) is 2.75. The van der Waals surface area contributed by atoms with Crippen LogP contribution in [0.3, 0.4) is 0 Å². The van der Waals surface area contributed by atoms with Crippen molar-refractivity contribution in [1.82, 2.24) is 10.2 Å². The van der Waals surface area contributed by atoms with E-state index in [1.165, 1.54) is 11.1 Å². The third kappa shape index (κ3) is 6.08. The van der Waals surface area contributed by atoms with Gasteiger partial charge in [0.15, 0.2) is 0 Å². The van der Waals surface area contributed by atoms with Crippen LogP contribution in [0.15, 0.2) is 28.9 Å². The number of furan rings is 1. The zero-order valence-corrected chi connectivity index (χ0v) is 12.8. The first-order chi connectivity index (χ1) is 9.02. The molecular weight excluding hydrogens is 236 g/mol. The summed E-state index contributed by atoms with van der Waals surface area (Å²) in [6, 6.07) is 2.07. The normalized spacial score (nSPS) is 11.5. The van der Waals surface area contributed by atoms with Crippen LogP contribution in [0.1, 0.15) is 39.0 Å². The zero-order valence-electron chi connectivity index (χ0n) is 12.8. The van der Waals surface area contributed by atoms with Crippen molar-refractivity contribution in [2.24, 2.45) is 5.92 Å². The molecule has 108 valence electrons. The molecule has 0 saturated heterocycles. The van der Waals surface area contributed by atoms with Crippen molar-refractivity contribution in [3.05, 3.63) is 35.8 Å². The van der Waals surface area contributed by atoms with Crippen LogP contribution in [0.25, 0.3) is 0 Å². The highest BCUT2D eigenvalue weighted by molar-refractivity contribution is 5.17. The molecule has 0 bridgehead atoms. The SMILES string of the molecule is C=C(C)CN(CC)Cc1occc1CNCC(C)C.